The predicted octanol–water partition coefficient (Wildman–Crippen LogP) is 6.08. The van der Waals surface area contributed by atoms with Crippen molar-refractivity contribution >= 4 is 28.7 Å². The second-order valence-electron chi connectivity index (χ2n) is 7.88. The van der Waals surface area contributed by atoms with Crippen LogP contribution in [-0.2, 0) is 6.54 Å². The second kappa shape index (κ2) is 9.50. The summed E-state index contributed by atoms with van der Waals surface area (Å²) in [5.41, 5.74) is 6.57. The summed E-state index contributed by atoms with van der Waals surface area (Å²) >= 11 is 1.66. The van der Waals surface area contributed by atoms with E-state index in [-0.39, 0.29) is 0 Å². The lowest BCUT2D eigenvalue weighted by Gasteiger charge is -2.29. The van der Waals surface area contributed by atoms with Crippen molar-refractivity contribution in [2.24, 2.45) is 0 Å². The van der Waals surface area contributed by atoms with Crippen molar-refractivity contribution in [1.29, 1.82) is 0 Å². The molecule has 1 fully saturated rings. The summed E-state index contributed by atoms with van der Waals surface area (Å²) in [6.45, 7) is 3.03. The first-order valence-electron chi connectivity index (χ1n) is 10.9. The summed E-state index contributed by atoms with van der Waals surface area (Å²) in [6.07, 6.45) is 5.72. The maximum atomic E-state index is 5.06. The average molecular weight is 427 g/mol. The van der Waals surface area contributed by atoms with Crippen LogP contribution < -0.4 is 9.62 Å². The summed E-state index contributed by atoms with van der Waals surface area (Å²) < 4.78 is 3.46. The molecule has 4 aromatic rings. The van der Waals surface area contributed by atoms with Gasteiger partial charge in [0.05, 0.1) is 16.9 Å². The highest BCUT2D eigenvalue weighted by molar-refractivity contribution is 7.97. The van der Waals surface area contributed by atoms with Crippen LogP contribution >= 0.6 is 11.9 Å². The van der Waals surface area contributed by atoms with E-state index < -0.39 is 0 Å². The number of nitrogens with zero attached hydrogens (tertiary/aromatic N) is 3. The fourth-order valence-corrected chi connectivity index (χ4v) is 4.82. The van der Waals surface area contributed by atoms with Gasteiger partial charge >= 0.3 is 0 Å². The molecule has 0 atom stereocenters. The molecule has 31 heavy (non-hydrogen) atoms. The summed E-state index contributed by atoms with van der Waals surface area (Å²) in [7, 11) is 0. The number of rotatable bonds is 6. The quantitative estimate of drug-likeness (QED) is 0.378. The average Bonchev–Trinajstić information content (AvgIpc) is 2.85. The van der Waals surface area contributed by atoms with Gasteiger partial charge in [-0.25, -0.2) is 4.98 Å². The van der Waals surface area contributed by atoms with E-state index in [0.29, 0.717) is 0 Å². The minimum absolute atomic E-state index is 0.828. The number of aromatic nitrogens is 2. The lowest BCUT2D eigenvalue weighted by Crippen LogP contribution is -2.29. The van der Waals surface area contributed by atoms with Crippen LogP contribution in [0.4, 0.5) is 5.69 Å². The first-order valence-corrected chi connectivity index (χ1v) is 11.7. The van der Waals surface area contributed by atoms with Crippen LogP contribution in [0.25, 0.3) is 22.3 Å². The number of anilines is 1. The summed E-state index contributed by atoms with van der Waals surface area (Å²) in [5.74, 6) is 0. The lowest BCUT2D eigenvalue weighted by atomic mass is 10.1. The number of fused-ring (bicyclic) bond motifs is 1. The van der Waals surface area contributed by atoms with Gasteiger partial charge in [-0.2, -0.15) is 0 Å². The molecule has 1 aliphatic rings. The van der Waals surface area contributed by atoms with Crippen LogP contribution in [0.3, 0.4) is 0 Å². The van der Waals surface area contributed by atoms with Crippen molar-refractivity contribution in [1.82, 2.24) is 14.7 Å². The van der Waals surface area contributed by atoms with Crippen LogP contribution in [0.1, 0.15) is 24.8 Å². The standard InChI is InChI=1S/C26H26N4S/c1-3-8-20(9-4-1)19-28-31-22-11-7-10-21(18-22)23-12-13-24-26(29-23)25(14-15-27-24)30-16-5-2-6-17-30/h1,3-4,7-15,18,28H,2,5-6,16-17,19H2. The van der Waals surface area contributed by atoms with Gasteiger partial charge in [0.2, 0.25) is 0 Å². The normalized spacial score (nSPS) is 14.1. The summed E-state index contributed by atoms with van der Waals surface area (Å²) in [6, 6.07) is 25.3. The lowest BCUT2D eigenvalue weighted by molar-refractivity contribution is 0.578. The third-order valence-electron chi connectivity index (χ3n) is 5.70. The maximum absolute atomic E-state index is 5.06. The molecule has 2 aromatic heterocycles. The molecular formula is C26H26N4S. The zero-order valence-electron chi connectivity index (χ0n) is 17.5. The Labute approximate surface area is 187 Å². The monoisotopic (exact) mass is 426 g/mol. The van der Waals surface area contributed by atoms with Gasteiger partial charge in [-0.05, 0) is 67.1 Å². The molecule has 0 amide bonds. The SMILES string of the molecule is c1ccc(CNSc2cccc(-c3ccc4nccc(N5CCCCC5)c4n3)c2)cc1. The number of hydrogen-bond donors (Lipinski definition) is 1. The van der Waals surface area contributed by atoms with Crippen LogP contribution in [0.5, 0.6) is 0 Å². The number of hydrogen-bond acceptors (Lipinski definition) is 5. The first kappa shape index (κ1) is 20.0. The van der Waals surface area contributed by atoms with E-state index in [9.17, 15) is 0 Å². The molecule has 5 heteroatoms. The van der Waals surface area contributed by atoms with E-state index in [1.165, 1.54) is 35.4 Å². The Morgan fingerprint density at radius 3 is 2.61 bits per heavy atom. The molecule has 1 N–H and O–H groups in total. The molecule has 0 spiro atoms. The maximum Gasteiger partial charge on any atom is 0.113 e. The third kappa shape index (κ3) is 4.73. The van der Waals surface area contributed by atoms with E-state index in [2.05, 4.69) is 81.3 Å². The Hall–Kier alpha value is -2.89. The van der Waals surface area contributed by atoms with Crippen molar-refractivity contribution in [3.8, 4) is 11.3 Å². The first-order chi connectivity index (χ1) is 15.4. The Kier molecular flexibility index (Phi) is 6.14. The molecule has 0 radical (unpaired) electrons. The summed E-state index contributed by atoms with van der Waals surface area (Å²) in [5, 5.41) is 0. The van der Waals surface area contributed by atoms with E-state index in [1.807, 2.05) is 12.3 Å². The third-order valence-corrected chi connectivity index (χ3v) is 6.48. The van der Waals surface area contributed by atoms with Crippen LogP contribution in [0, 0.1) is 0 Å². The molecule has 5 rings (SSSR count). The van der Waals surface area contributed by atoms with Gasteiger partial charge < -0.3 is 4.90 Å². The van der Waals surface area contributed by atoms with E-state index in [4.69, 9.17) is 4.98 Å². The zero-order chi connectivity index (χ0) is 20.9. The number of pyridine rings is 2. The van der Waals surface area contributed by atoms with Crippen molar-refractivity contribution in [3.63, 3.8) is 0 Å². The highest BCUT2D eigenvalue weighted by Gasteiger charge is 2.15. The van der Waals surface area contributed by atoms with Gasteiger partial charge in [0.1, 0.15) is 5.52 Å². The van der Waals surface area contributed by atoms with Crippen LogP contribution in [-0.4, -0.2) is 23.1 Å². The molecule has 0 aliphatic carbocycles. The Morgan fingerprint density at radius 1 is 0.871 bits per heavy atom. The Morgan fingerprint density at radius 2 is 1.74 bits per heavy atom. The van der Waals surface area contributed by atoms with Gasteiger partial charge in [0.25, 0.3) is 0 Å². The topological polar surface area (TPSA) is 41.1 Å². The van der Waals surface area contributed by atoms with Crippen molar-refractivity contribution in [3.05, 3.63) is 84.6 Å². The Balaban J connectivity index is 1.38. The molecule has 3 heterocycles. The van der Waals surface area contributed by atoms with E-state index in [1.54, 1.807) is 11.9 Å². The van der Waals surface area contributed by atoms with Crippen molar-refractivity contribution < 1.29 is 0 Å². The summed E-state index contributed by atoms with van der Waals surface area (Å²) in [4.78, 5) is 13.3. The highest BCUT2D eigenvalue weighted by atomic mass is 32.2. The fraction of sp³-hybridized carbons (Fsp3) is 0.231. The molecular weight excluding hydrogens is 400 g/mol. The van der Waals surface area contributed by atoms with Crippen LogP contribution in [0.15, 0.2) is 83.9 Å². The van der Waals surface area contributed by atoms with Gasteiger partial charge in [-0.3, -0.25) is 9.71 Å². The number of piperidine rings is 1. The fourth-order valence-electron chi connectivity index (χ4n) is 4.08. The number of nitrogens with one attached hydrogen (secondary N) is 1. The van der Waals surface area contributed by atoms with Crippen LogP contribution in [0.2, 0.25) is 0 Å². The molecule has 2 aromatic carbocycles. The van der Waals surface area contributed by atoms with Crippen molar-refractivity contribution in [2.45, 2.75) is 30.7 Å². The molecule has 0 bridgehead atoms. The molecule has 4 nitrogen and oxygen atoms in total. The molecule has 0 unspecified atom stereocenters. The van der Waals surface area contributed by atoms with Gasteiger partial charge in [0, 0.05) is 36.3 Å². The van der Waals surface area contributed by atoms with Gasteiger partial charge in [-0.1, -0.05) is 42.5 Å². The molecule has 1 saturated heterocycles. The van der Waals surface area contributed by atoms with Gasteiger partial charge in [0.15, 0.2) is 0 Å². The van der Waals surface area contributed by atoms with Gasteiger partial charge in [-0.15, -0.1) is 0 Å². The highest BCUT2D eigenvalue weighted by Crippen LogP contribution is 2.30. The number of benzene rings is 2. The minimum Gasteiger partial charge on any atom is -0.370 e. The zero-order valence-corrected chi connectivity index (χ0v) is 18.3. The molecule has 1 aliphatic heterocycles. The van der Waals surface area contributed by atoms with Crippen molar-refractivity contribution in [2.75, 3.05) is 18.0 Å². The predicted molar refractivity (Wildman–Crippen MR) is 130 cm³/mol. The van der Waals surface area contributed by atoms with E-state index in [0.717, 1.165) is 41.9 Å². The Bertz CT molecular complexity index is 1160. The molecule has 0 saturated carbocycles. The van der Waals surface area contributed by atoms with E-state index >= 15 is 0 Å². The minimum atomic E-state index is 0.828. The largest absolute Gasteiger partial charge is 0.370 e. The smallest absolute Gasteiger partial charge is 0.113 e. The molecule has 156 valence electrons. The second-order valence-corrected chi connectivity index (χ2v) is 8.84.